The van der Waals surface area contributed by atoms with E-state index < -0.39 is 5.97 Å². The Morgan fingerprint density at radius 2 is 1.95 bits per heavy atom. The second kappa shape index (κ2) is 6.85. The van der Waals surface area contributed by atoms with Gasteiger partial charge in [0.1, 0.15) is 0 Å². The number of carbonyl (C=O) groups is 1. The van der Waals surface area contributed by atoms with Gasteiger partial charge in [-0.1, -0.05) is 37.3 Å². The van der Waals surface area contributed by atoms with Crippen LogP contribution in [0.4, 0.5) is 0 Å². The molecule has 3 heteroatoms. The zero-order chi connectivity index (χ0) is 14.4. The van der Waals surface area contributed by atoms with Crippen LogP contribution in [0.1, 0.15) is 25.3 Å². The average Bonchev–Trinajstić information content (AvgIpc) is 2.46. The highest BCUT2D eigenvalue weighted by molar-refractivity contribution is 5.66. The quantitative estimate of drug-likeness (QED) is 0.868. The summed E-state index contributed by atoms with van der Waals surface area (Å²) < 4.78 is 0. The van der Waals surface area contributed by atoms with Gasteiger partial charge in [0.15, 0.2) is 0 Å². The van der Waals surface area contributed by atoms with Crippen molar-refractivity contribution in [3.8, 4) is 11.3 Å². The Balaban J connectivity index is 1.94. The van der Waals surface area contributed by atoms with Gasteiger partial charge in [0.2, 0.25) is 0 Å². The summed E-state index contributed by atoms with van der Waals surface area (Å²) in [6, 6.07) is 14.2. The molecule has 1 atom stereocenters. The predicted molar refractivity (Wildman–Crippen MR) is 79.4 cm³/mol. The number of rotatable bonds is 6. The van der Waals surface area contributed by atoms with Gasteiger partial charge in [0.05, 0.1) is 5.69 Å². The molecule has 1 aromatic carbocycles. The van der Waals surface area contributed by atoms with Crippen molar-refractivity contribution in [3.05, 3.63) is 54.2 Å². The fourth-order valence-electron chi connectivity index (χ4n) is 2.19. The first-order chi connectivity index (χ1) is 9.65. The van der Waals surface area contributed by atoms with Crippen LogP contribution in [0, 0.1) is 5.92 Å². The maximum absolute atomic E-state index is 10.6. The van der Waals surface area contributed by atoms with E-state index in [2.05, 4.69) is 29.2 Å². The number of hydrogen-bond acceptors (Lipinski definition) is 2. The predicted octanol–water partition coefficient (Wildman–Crippen LogP) is 3.79. The molecule has 0 saturated carbocycles. The third-order valence-corrected chi connectivity index (χ3v) is 3.36. The molecule has 1 heterocycles. The number of aliphatic carboxylic acids is 1. The fraction of sp³-hybridized carbons (Fsp3) is 0.294. The van der Waals surface area contributed by atoms with Gasteiger partial charge >= 0.3 is 5.97 Å². The van der Waals surface area contributed by atoms with Crippen molar-refractivity contribution in [2.45, 2.75) is 26.2 Å². The van der Waals surface area contributed by atoms with E-state index in [1.54, 1.807) is 6.20 Å². The van der Waals surface area contributed by atoms with E-state index in [-0.39, 0.29) is 12.3 Å². The lowest BCUT2D eigenvalue weighted by atomic mass is 9.97. The van der Waals surface area contributed by atoms with Gasteiger partial charge < -0.3 is 5.11 Å². The summed E-state index contributed by atoms with van der Waals surface area (Å²) in [6.45, 7) is 1.98. The van der Waals surface area contributed by atoms with Crippen LogP contribution in [-0.4, -0.2) is 16.1 Å². The number of aromatic nitrogens is 1. The van der Waals surface area contributed by atoms with Crippen LogP contribution in [0.3, 0.4) is 0 Å². The SMILES string of the molecule is CC(CCc1ccc(-c2ccccn2)cc1)CC(=O)O. The monoisotopic (exact) mass is 269 g/mol. The lowest BCUT2D eigenvalue weighted by Gasteiger charge is -2.09. The Morgan fingerprint density at radius 1 is 1.20 bits per heavy atom. The van der Waals surface area contributed by atoms with Crippen molar-refractivity contribution in [2.24, 2.45) is 5.92 Å². The largest absolute Gasteiger partial charge is 0.481 e. The number of aryl methyl sites for hydroxylation is 1. The van der Waals surface area contributed by atoms with E-state index >= 15 is 0 Å². The van der Waals surface area contributed by atoms with Crippen LogP contribution in [0.5, 0.6) is 0 Å². The van der Waals surface area contributed by atoms with Crippen LogP contribution < -0.4 is 0 Å². The van der Waals surface area contributed by atoms with Gasteiger partial charge in [0, 0.05) is 18.2 Å². The third-order valence-electron chi connectivity index (χ3n) is 3.36. The first-order valence-corrected chi connectivity index (χ1v) is 6.87. The Hall–Kier alpha value is -2.16. The molecule has 0 radical (unpaired) electrons. The number of nitrogens with zero attached hydrogens (tertiary/aromatic N) is 1. The van der Waals surface area contributed by atoms with Crippen LogP contribution in [0.2, 0.25) is 0 Å². The van der Waals surface area contributed by atoms with Crippen molar-refractivity contribution in [1.29, 1.82) is 0 Å². The number of carboxylic acids is 1. The molecule has 2 rings (SSSR count). The van der Waals surface area contributed by atoms with Gasteiger partial charge in [-0.2, -0.15) is 0 Å². The topological polar surface area (TPSA) is 50.2 Å². The molecule has 0 spiro atoms. The average molecular weight is 269 g/mol. The molecule has 0 bridgehead atoms. The molecular formula is C17H19NO2. The first-order valence-electron chi connectivity index (χ1n) is 6.87. The van der Waals surface area contributed by atoms with Crippen LogP contribution in [0.15, 0.2) is 48.7 Å². The summed E-state index contributed by atoms with van der Waals surface area (Å²) >= 11 is 0. The summed E-state index contributed by atoms with van der Waals surface area (Å²) in [6.07, 6.45) is 3.84. The van der Waals surface area contributed by atoms with E-state index in [1.807, 2.05) is 25.1 Å². The van der Waals surface area contributed by atoms with Crippen molar-refractivity contribution in [2.75, 3.05) is 0 Å². The maximum atomic E-state index is 10.6. The summed E-state index contributed by atoms with van der Waals surface area (Å²) in [5.74, 6) is -0.508. The molecule has 0 aliphatic carbocycles. The Labute approximate surface area is 119 Å². The minimum Gasteiger partial charge on any atom is -0.481 e. The zero-order valence-corrected chi connectivity index (χ0v) is 11.6. The van der Waals surface area contributed by atoms with Gasteiger partial charge in [-0.3, -0.25) is 9.78 Å². The maximum Gasteiger partial charge on any atom is 0.303 e. The second-order valence-electron chi connectivity index (χ2n) is 5.15. The van der Waals surface area contributed by atoms with Crippen LogP contribution in [-0.2, 0) is 11.2 Å². The molecule has 0 aliphatic heterocycles. The molecule has 1 unspecified atom stereocenters. The molecule has 0 fully saturated rings. The number of benzene rings is 1. The molecule has 0 saturated heterocycles. The van der Waals surface area contributed by atoms with Crippen LogP contribution >= 0.6 is 0 Å². The minimum absolute atomic E-state index is 0.211. The van der Waals surface area contributed by atoms with E-state index in [4.69, 9.17) is 5.11 Å². The lowest BCUT2D eigenvalue weighted by molar-refractivity contribution is -0.138. The molecule has 0 aliphatic rings. The minimum atomic E-state index is -0.719. The Bertz CT molecular complexity index is 549. The highest BCUT2D eigenvalue weighted by Crippen LogP contribution is 2.19. The van der Waals surface area contributed by atoms with Gasteiger partial charge in [0.25, 0.3) is 0 Å². The first kappa shape index (κ1) is 14.3. The molecule has 2 aromatic rings. The van der Waals surface area contributed by atoms with Crippen molar-refractivity contribution >= 4 is 5.97 Å². The fourth-order valence-corrected chi connectivity index (χ4v) is 2.19. The van der Waals surface area contributed by atoms with E-state index in [1.165, 1.54) is 5.56 Å². The highest BCUT2D eigenvalue weighted by Gasteiger charge is 2.07. The molecule has 1 aromatic heterocycles. The summed E-state index contributed by atoms with van der Waals surface area (Å²) in [5, 5.41) is 8.74. The molecule has 20 heavy (non-hydrogen) atoms. The number of pyridine rings is 1. The third kappa shape index (κ3) is 4.19. The molecule has 1 N–H and O–H groups in total. The van der Waals surface area contributed by atoms with E-state index in [0.717, 1.165) is 24.1 Å². The van der Waals surface area contributed by atoms with E-state index in [0.29, 0.717) is 0 Å². The standard InChI is InChI=1S/C17H19NO2/c1-13(12-17(19)20)5-6-14-7-9-15(10-8-14)16-4-2-3-11-18-16/h2-4,7-11,13H,5-6,12H2,1H3,(H,19,20). The Morgan fingerprint density at radius 3 is 2.55 bits per heavy atom. The molecular weight excluding hydrogens is 250 g/mol. The van der Waals surface area contributed by atoms with Crippen molar-refractivity contribution < 1.29 is 9.90 Å². The van der Waals surface area contributed by atoms with Crippen molar-refractivity contribution in [3.63, 3.8) is 0 Å². The normalized spacial score (nSPS) is 12.1. The Kier molecular flexibility index (Phi) is 4.88. The van der Waals surface area contributed by atoms with Crippen molar-refractivity contribution in [1.82, 2.24) is 4.98 Å². The summed E-state index contributed by atoms with van der Waals surface area (Å²) in [5.41, 5.74) is 3.31. The summed E-state index contributed by atoms with van der Waals surface area (Å²) in [7, 11) is 0. The molecule has 104 valence electrons. The lowest BCUT2D eigenvalue weighted by Crippen LogP contribution is -2.05. The zero-order valence-electron chi connectivity index (χ0n) is 11.6. The second-order valence-corrected chi connectivity index (χ2v) is 5.15. The van der Waals surface area contributed by atoms with Gasteiger partial charge in [-0.15, -0.1) is 0 Å². The van der Waals surface area contributed by atoms with Gasteiger partial charge in [-0.25, -0.2) is 0 Å². The summed E-state index contributed by atoms with van der Waals surface area (Å²) in [4.78, 5) is 14.9. The van der Waals surface area contributed by atoms with Gasteiger partial charge in [-0.05, 0) is 36.5 Å². The smallest absolute Gasteiger partial charge is 0.303 e. The molecule has 0 amide bonds. The number of carboxylic acid groups (broad SMARTS) is 1. The molecule has 3 nitrogen and oxygen atoms in total. The highest BCUT2D eigenvalue weighted by atomic mass is 16.4. The number of hydrogen-bond donors (Lipinski definition) is 1. The van der Waals surface area contributed by atoms with E-state index in [9.17, 15) is 4.79 Å². The van der Waals surface area contributed by atoms with Crippen LogP contribution in [0.25, 0.3) is 11.3 Å².